The molecular formula is C18H17NO6. The summed E-state index contributed by atoms with van der Waals surface area (Å²) in [6.07, 6.45) is 1.37. The van der Waals surface area contributed by atoms with Crippen molar-refractivity contribution in [1.29, 1.82) is 0 Å². The maximum Gasteiger partial charge on any atom is 0.336 e. The molecule has 2 aromatic rings. The predicted molar refractivity (Wildman–Crippen MR) is 92.8 cm³/mol. The van der Waals surface area contributed by atoms with Gasteiger partial charge in [0.15, 0.2) is 5.75 Å². The summed E-state index contributed by atoms with van der Waals surface area (Å²) in [7, 11) is 1.33. The van der Waals surface area contributed by atoms with Crippen LogP contribution in [0.3, 0.4) is 0 Å². The van der Waals surface area contributed by atoms with Gasteiger partial charge < -0.3 is 14.6 Å². The van der Waals surface area contributed by atoms with Crippen LogP contribution in [0.15, 0.2) is 42.5 Å². The Balaban J connectivity index is 2.51. The number of carboxylic acids is 1. The van der Waals surface area contributed by atoms with Crippen LogP contribution in [0.1, 0.15) is 18.1 Å². The van der Waals surface area contributed by atoms with Gasteiger partial charge in [0.05, 0.1) is 24.2 Å². The molecule has 0 heterocycles. The predicted octanol–water partition coefficient (Wildman–Crippen LogP) is 3.63. The normalized spacial score (nSPS) is 11.0. The number of methoxy groups -OCH3 is 1. The number of hydrogen-bond acceptors (Lipinski definition) is 5. The highest BCUT2D eigenvalue weighted by Gasteiger charge is 2.16. The number of nitro groups is 1. The van der Waals surface area contributed by atoms with Gasteiger partial charge in [-0.2, -0.15) is 0 Å². The topological polar surface area (TPSA) is 98.9 Å². The Morgan fingerprint density at radius 1 is 1.28 bits per heavy atom. The summed E-state index contributed by atoms with van der Waals surface area (Å²) in [4.78, 5) is 22.2. The molecule has 0 saturated carbocycles. The Kier molecular flexibility index (Phi) is 5.73. The number of aliphatic carboxylic acids is 1. The van der Waals surface area contributed by atoms with Crippen molar-refractivity contribution in [1.82, 2.24) is 0 Å². The lowest BCUT2D eigenvalue weighted by Gasteiger charge is -2.08. The van der Waals surface area contributed by atoms with Gasteiger partial charge in [0, 0.05) is 6.07 Å². The fourth-order valence-electron chi connectivity index (χ4n) is 2.29. The summed E-state index contributed by atoms with van der Waals surface area (Å²) < 4.78 is 10.3. The summed E-state index contributed by atoms with van der Waals surface area (Å²) in [5.74, 6) is -0.489. The quantitative estimate of drug-likeness (QED) is 0.357. The first-order chi connectivity index (χ1) is 12.0. The van der Waals surface area contributed by atoms with E-state index in [0.29, 0.717) is 23.5 Å². The molecule has 0 aliphatic carbocycles. The Labute approximate surface area is 144 Å². The molecule has 0 spiro atoms. The lowest BCUT2D eigenvalue weighted by atomic mass is 10.0. The molecule has 2 rings (SSSR count). The van der Waals surface area contributed by atoms with Crippen LogP contribution in [-0.4, -0.2) is 29.7 Å². The van der Waals surface area contributed by atoms with Crippen molar-refractivity contribution < 1.29 is 24.3 Å². The van der Waals surface area contributed by atoms with Crippen molar-refractivity contribution >= 4 is 23.3 Å². The highest BCUT2D eigenvalue weighted by molar-refractivity contribution is 6.20. The molecule has 25 heavy (non-hydrogen) atoms. The number of hydrogen-bond donors (Lipinski definition) is 1. The molecule has 0 aromatic heterocycles. The molecule has 0 aliphatic rings. The highest BCUT2D eigenvalue weighted by Crippen LogP contribution is 2.30. The maximum absolute atomic E-state index is 11.6. The van der Waals surface area contributed by atoms with Gasteiger partial charge in [-0.3, -0.25) is 10.1 Å². The summed E-state index contributed by atoms with van der Waals surface area (Å²) in [6, 6.07) is 10.9. The molecule has 130 valence electrons. The lowest BCUT2D eigenvalue weighted by Crippen LogP contribution is -2.01. The van der Waals surface area contributed by atoms with E-state index in [4.69, 9.17) is 9.47 Å². The number of carbonyl (C=O) groups is 1. The van der Waals surface area contributed by atoms with Gasteiger partial charge in [0.25, 0.3) is 0 Å². The first-order valence-electron chi connectivity index (χ1n) is 7.47. The molecule has 0 fully saturated rings. The van der Waals surface area contributed by atoms with Crippen LogP contribution in [0.25, 0.3) is 11.6 Å². The van der Waals surface area contributed by atoms with E-state index in [1.807, 2.05) is 6.92 Å². The zero-order valence-corrected chi connectivity index (χ0v) is 13.8. The van der Waals surface area contributed by atoms with E-state index < -0.39 is 10.9 Å². The Hall–Kier alpha value is -3.35. The fourth-order valence-corrected chi connectivity index (χ4v) is 2.29. The summed E-state index contributed by atoms with van der Waals surface area (Å²) in [5, 5.41) is 20.6. The minimum atomic E-state index is -1.15. The van der Waals surface area contributed by atoms with Crippen LogP contribution in [0.4, 0.5) is 5.69 Å². The van der Waals surface area contributed by atoms with Gasteiger partial charge in [0.1, 0.15) is 5.75 Å². The first-order valence-corrected chi connectivity index (χ1v) is 7.47. The summed E-state index contributed by atoms with van der Waals surface area (Å²) >= 11 is 0. The fraction of sp³-hybridized carbons (Fsp3) is 0.167. The first kappa shape index (κ1) is 18.0. The zero-order valence-electron chi connectivity index (χ0n) is 13.8. The Bertz CT molecular complexity index is 828. The zero-order chi connectivity index (χ0) is 18.4. The average molecular weight is 343 g/mol. The van der Waals surface area contributed by atoms with Gasteiger partial charge >= 0.3 is 11.7 Å². The number of ether oxygens (including phenoxy) is 2. The van der Waals surface area contributed by atoms with Gasteiger partial charge in [-0.1, -0.05) is 18.2 Å². The molecule has 1 N–H and O–H groups in total. The minimum Gasteiger partial charge on any atom is -0.494 e. The van der Waals surface area contributed by atoms with Crippen LogP contribution in [0, 0.1) is 10.1 Å². The molecule has 7 heteroatoms. The Morgan fingerprint density at radius 2 is 2.04 bits per heavy atom. The molecular weight excluding hydrogens is 326 g/mol. The smallest absolute Gasteiger partial charge is 0.336 e. The van der Waals surface area contributed by atoms with Crippen molar-refractivity contribution in [2.75, 3.05) is 13.7 Å². The molecule has 0 radical (unpaired) electrons. The number of benzene rings is 2. The highest BCUT2D eigenvalue weighted by atomic mass is 16.6. The van der Waals surface area contributed by atoms with E-state index in [1.165, 1.54) is 25.3 Å². The lowest BCUT2D eigenvalue weighted by molar-refractivity contribution is -0.385. The van der Waals surface area contributed by atoms with E-state index in [9.17, 15) is 20.0 Å². The van der Waals surface area contributed by atoms with Crippen molar-refractivity contribution in [2.24, 2.45) is 0 Å². The van der Waals surface area contributed by atoms with E-state index >= 15 is 0 Å². The SMILES string of the molecule is CCOc1cccc(/C(=C/c2ccc(OC)c([N+](=O)[O-])c2)C(=O)O)c1. The molecule has 0 amide bonds. The third kappa shape index (κ3) is 4.35. The number of rotatable bonds is 7. The van der Waals surface area contributed by atoms with E-state index in [2.05, 4.69) is 0 Å². The van der Waals surface area contributed by atoms with Crippen LogP contribution in [-0.2, 0) is 4.79 Å². The van der Waals surface area contributed by atoms with Gasteiger partial charge in [-0.05, 0) is 42.3 Å². The third-order valence-corrected chi connectivity index (χ3v) is 3.40. The van der Waals surface area contributed by atoms with Crippen LogP contribution in [0.5, 0.6) is 11.5 Å². The van der Waals surface area contributed by atoms with E-state index in [0.717, 1.165) is 0 Å². The van der Waals surface area contributed by atoms with E-state index in [1.54, 1.807) is 30.3 Å². The summed E-state index contributed by atoms with van der Waals surface area (Å²) in [5.41, 5.74) is 0.591. The monoisotopic (exact) mass is 343 g/mol. The number of nitrogens with zero attached hydrogens (tertiary/aromatic N) is 1. The second-order valence-electron chi connectivity index (χ2n) is 5.01. The minimum absolute atomic E-state index is 0.000942. The molecule has 0 atom stereocenters. The molecule has 2 aromatic carbocycles. The molecule has 0 saturated heterocycles. The Morgan fingerprint density at radius 3 is 2.64 bits per heavy atom. The van der Waals surface area contributed by atoms with Crippen molar-refractivity contribution in [3.63, 3.8) is 0 Å². The number of nitro benzene ring substituents is 1. The van der Waals surface area contributed by atoms with Gasteiger partial charge in [-0.25, -0.2) is 4.79 Å². The molecule has 0 unspecified atom stereocenters. The largest absolute Gasteiger partial charge is 0.494 e. The van der Waals surface area contributed by atoms with Crippen molar-refractivity contribution in [3.05, 3.63) is 63.7 Å². The summed E-state index contributed by atoms with van der Waals surface area (Å²) in [6.45, 7) is 2.29. The van der Waals surface area contributed by atoms with Crippen molar-refractivity contribution in [2.45, 2.75) is 6.92 Å². The second kappa shape index (κ2) is 7.96. The van der Waals surface area contributed by atoms with Crippen LogP contribution < -0.4 is 9.47 Å². The molecule has 0 bridgehead atoms. The molecule has 0 aliphatic heterocycles. The van der Waals surface area contributed by atoms with Gasteiger partial charge in [0.2, 0.25) is 0 Å². The number of carboxylic acid groups (broad SMARTS) is 1. The van der Waals surface area contributed by atoms with E-state index in [-0.39, 0.29) is 17.0 Å². The third-order valence-electron chi connectivity index (χ3n) is 3.40. The maximum atomic E-state index is 11.6. The van der Waals surface area contributed by atoms with Crippen LogP contribution in [0.2, 0.25) is 0 Å². The van der Waals surface area contributed by atoms with Crippen molar-refractivity contribution in [3.8, 4) is 11.5 Å². The standard InChI is InChI=1S/C18H17NO6/c1-3-25-14-6-4-5-13(11-14)15(18(20)21)9-12-7-8-17(24-2)16(10-12)19(22)23/h4-11H,3H2,1-2H3,(H,20,21)/b15-9-. The van der Waals surface area contributed by atoms with Gasteiger partial charge in [-0.15, -0.1) is 0 Å². The average Bonchev–Trinajstić information content (AvgIpc) is 2.59. The second-order valence-corrected chi connectivity index (χ2v) is 5.01. The molecule has 7 nitrogen and oxygen atoms in total. The van der Waals surface area contributed by atoms with Crippen LogP contribution >= 0.6 is 0 Å².